The third-order valence-corrected chi connectivity index (χ3v) is 8.65. The van der Waals surface area contributed by atoms with E-state index in [1.807, 2.05) is 17.4 Å². The number of benzene rings is 5. The van der Waals surface area contributed by atoms with Gasteiger partial charge < -0.3 is 9.88 Å². The normalized spacial score (nSPS) is 15.6. The summed E-state index contributed by atoms with van der Waals surface area (Å²) in [5, 5.41) is 8.96. The first-order valence-electron chi connectivity index (χ1n) is 12.8. The van der Waals surface area contributed by atoms with Gasteiger partial charge in [0.2, 0.25) is 6.29 Å². The molecule has 4 heteroatoms. The fourth-order valence-corrected chi connectivity index (χ4v) is 6.98. The molecule has 5 aromatic carbocycles. The van der Waals surface area contributed by atoms with Gasteiger partial charge in [-0.25, -0.2) is 4.99 Å². The lowest BCUT2D eigenvalue weighted by molar-refractivity contribution is 0.508. The molecular formula is C34H23N3S. The van der Waals surface area contributed by atoms with Gasteiger partial charge >= 0.3 is 0 Å². The fraction of sp³-hybridized carbons (Fsp3) is 0.0294. The van der Waals surface area contributed by atoms with Crippen LogP contribution in [0, 0.1) is 0 Å². The van der Waals surface area contributed by atoms with Crippen LogP contribution in [0.25, 0.3) is 47.7 Å². The standard InChI is InChI=1S/C34H23N3S/c1-3-11-22(12-4-1)27-21-28(23-13-5-2-6-14-23)36-34(35-27)37-29-17-9-7-16-26(29)32-30(37)20-19-25-24-15-8-10-18-31(24)38-33(25)32/h1-21,34-35H. The van der Waals surface area contributed by atoms with Gasteiger partial charge in [0, 0.05) is 36.6 Å². The van der Waals surface area contributed by atoms with Crippen LogP contribution in [0.3, 0.4) is 0 Å². The van der Waals surface area contributed by atoms with Crippen molar-refractivity contribution in [3.8, 4) is 0 Å². The summed E-state index contributed by atoms with van der Waals surface area (Å²) in [5.41, 5.74) is 6.66. The topological polar surface area (TPSA) is 29.3 Å². The molecule has 0 aliphatic carbocycles. The highest BCUT2D eigenvalue weighted by molar-refractivity contribution is 7.26. The maximum atomic E-state index is 5.29. The average Bonchev–Trinajstić information content (AvgIpc) is 3.53. The molecular weight excluding hydrogens is 482 g/mol. The van der Waals surface area contributed by atoms with Crippen molar-refractivity contribution < 1.29 is 0 Å². The Labute approximate surface area is 224 Å². The number of rotatable bonds is 3. The largest absolute Gasteiger partial charge is 0.346 e. The zero-order chi connectivity index (χ0) is 25.1. The molecule has 0 amide bonds. The first-order valence-corrected chi connectivity index (χ1v) is 13.7. The van der Waals surface area contributed by atoms with Crippen LogP contribution in [0.4, 0.5) is 0 Å². The highest BCUT2D eigenvalue weighted by Crippen LogP contribution is 2.43. The van der Waals surface area contributed by atoms with Gasteiger partial charge in [-0.1, -0.05) is 103 Å². The van der Waals surface area contributed by atoms with Crippen LogP contribution in [0.1, 0.15) is 17.4 Å². The molecule has 0 saturated heterocycles. The number of thiophene rings is 1. The Kier molecular flexibility index (Phi) is 4.76. The average molecular weight is 506 g/mol. The number of para-hydroxylation sites is 1. The lowest BCUT2D eigenvalue weighted by Gasteiger charge is -2.27. The van der Waals surface area contributed by atoms with Crippen LogP contribution in [0.15, 0.2) is 132 Å². The van der Waals surface area contributed by atoms with Crippen molar-refractivity contribution in [3.05, 3.63) is 139 Å². The molecule has 7 aromatic rings. The number of aromatic nitrogens is 1. The van der Waals surface area contributed by atoms with E-state index in [4.69, 9.17) is 4.99 Å². The third-order valence-electron chi connectivity index (χ3n) is 7.44. The van der Waals surface area contributed by atoms with E-state index < -0.39 is 0 Å². The molecule has 2 aromatic heterocycles. The molecule has 1 N–H and O–H groups in total. The summed E-state index contributed by atoms with van der Waals surface area (Å²) in [6.45, 7) is 0. The molecule has 1 unspecified atom stereocenters. The van der Waals surface area contributed by atoms with Crippen LogP contribution in [-0.4, -0.2) is 10.3 Å². The van der Waals surface area contributed by atoms with Crippen molar-refractivity contribution in [1.82, 2.24) is 9.88 Å². The van der Waals surface area contributed by atoms with Crippen molar-refractivity contribution >= 4 is 64.7 Å². The number of hydrogen-bond acceptors (Lipinski definition) is 3. The summed E-state index contributed by atoms with van der Waals surface area (Å²) in [6, 6.07) is 43.0. The zero-order valence-corrected chi connectivity index (χ0v) is 21.3. The van der Waals surface area contributed by atoms with Gasteiger partial charge in [0.1, 0.15) is 0 Å². The summed E-state index contributed by atoms with van der Waals surface area (Å²) >= 11 is 1.88. The zero-order valence-electron chi connectivity index (χ0n) is 20.5. The number of aliphatic imine (C=N–C) groups is 1. The van der Waals surface area contributed by atoms with Crippen LogP contribution >= 0.6 is 11.3 Å². The van der Waals surface area contributed by atoms with Crippen LogP contribution in [-0.2, 0) is 0 Å². The quantitative estimate of drug-likeness (QED) is 0.256. The molecule has 0 bridgehead atoms. The minimum atomic E-state index is -0.292. The van der Waals surface area contributed by atoms with E-state index in [0.717, 1.165) is 22.5 Å². The molecule has 1 aliphatic rings. The van der Waals surface area contributed by atoms with Crippen molar-refractivity contribution in [2.75, 3.05) is 0 Å². The highest BCUT2D eigenvalue weighted by Gasteiger charge is 2.24. The van der Waals surface area contributed by atoms with Crippen LogP contribution < -0.4 is 5.32 Å². The monoisotopic (exact) mass is 505 g/mol. The molecule has 3 nitrogen and oxygen atoms in total. The number of nitrogens with zero attached hydrogens (tertiary/aromatic N) is 2. The van der Waals surface area contributed by atoms with Gasteiger partial charge in [-0.2, -0.15) is 0 Å². The van der Waals surface area contributed by atoms with E-state index in [1.54, 1.807) is 0 Å². The third kappa shape index (κ3) is 3.24. The maximum Gasteiger partial charge on any atom is 0.201 e. The summed E-state index contributed by atoms with van der Waals surface area (Å²) in [4.78, 5) is 5.29. The molecule has 1 aliphatic heterocycles. The van der Waals surface area contributed by atoms with Crippen LogP contribution in [0.2, 0.25) is 0 Å². The van der Waals surface area contributed by atoms with Crippen molar-refractivity contribution in [2.45, 2.75) is 6.29 Å². The maximum absolute atomic E-state index is 5.29. The summed E-state index contributed by atoms with van der Waals surface area (Å²) in [6.07, 6.45) is 1.87. The van der Waals surface area contributed by atoms with Crippen molar-refractivity contribution in [1.29, 1.82) is 0 Å². The molecule has 8 rings (SSSR count). The Morgan fingerprint density at radius 3 is 2.11 bits per heavy atom. The van der Waals surface area contributed by atoms with E-state index in [-0.39, 0.29) is 6.29 Å². The van der Waals surface area contributed by atoms with Crippen molar-refractivity contribution in [3.63, 3.8) is 0 Å². The molecule has 1 atom stereocenters. The Morgan fingerprint density at radius 2 is 1.29 bits per heavy atom. The first kappa shape index (κ1) is 21.4. The van der Waals surface area contributed by atoms with Gasteiger partial charge in [-0.3, -0.25) is 0 Å². The predicted octanol–water partition coefficient (Wildman–Crippen LogP) is 8.75. The Bertz CT molecular complexity index is 2050. The molecule has 38 heavy (non-hydrogen) atoms. The van der Waals surface area contributed by atoms with E-state index in [9.17, 15) is 0 Å². The van der Waals surface area contributed by atoms with E-state index in [0.29, 0.717) is 0 Å². The molecule has 0 radical (unpaired) electrons. The second kappa shape index (κ2) is 8.44. The minimum absolute atomic E-state index is 0.292. The van der Waals surface area contributed by atoms with Gasteiger partial charge in [-0.15, -0.1) is 11.3 Å². The Hall–Kier alpha value is -4.67. The Morgan fingerprint density at radius 1 is 0.605 bits per heavy atom. The van der Waals surface area contributed by atoms with E-state index in [2.05, 4.69) is 131 Å². The molecule has 0 spiro atoms. The van der Waals surface area contributed by atoms with E-state index in [1.165, 1.54) is 42.0 Å². The Balaban J connectivity index is 1.41. The number of fused-ring (bicyclic) bond motifs is 7. The minimum Gasteiger partial charge on any atom is -0.346 e. The number of nitrogens with one attached hydrogen (secondary N) is 1. The predicted molar refractivity (Wildman–Crippen MR) is 162 cm³/mol. The molecule has 180 valence electrons. The molecule has 3 heterocycles. The fourth-order valence-electron chi connectivity index (χ4n) is 5.72. The van der Waals surface area contributed by atoms with Crippen molar-refractivity contribution in [2.24, 2.45) is 4.99 Å². The van der Waals surface area contributed by atoms with Gasteiger partial charge in [0.25, 0.3) is 0 Å². The molecule has 0 fully saturated rings. The summed E-state index contributed by atoms with van der Waals surface area (Å²) < 4.78 is 5.02. The van der Waals surface area contributed by atoms with Gasteiger partial charge in [-0.05, 0) is 35.4 Å². The van der Waals surface area contributed by atoms with Gasteiger partial charge in [0.15, 0.2) is 0 Å². The molecule has 0 saturated carbocycles. The lowest BCUT2D eigenvalue weighted by Crippen LogP contribution is -2.29. The number of allylic oxidation sites excluding steroid dienone is 1. The SMILES string of the molecule is C1=C(c2ccccc2)NC(n2c3ccccc3c3c4sc5ccccc5c4ccc32)N=C1c1ccccc1. The lowest BCUT2D eigenvalue weighted by atomic mass is 10.0. The first-order chi connectivity index (χ1) is 18.8. The second-order valence-electron chi connectivity index (χ2n) is 9.64. The summed E-state index contributed by atoms with van der Waals surface area (Å²) in [7, 11) is 0. The highest BCUT2D eigenvalue weighted by atomic mass is 32.1. The smallest absolute Gasteiger partial charge is 0.201 e. The van der Waals surface area contributed by atoms with Gasteiger partial charge in [0.05, 0.1) is 16.7 Å². The van der Waals surface area contributed by atoms with Crippen LogP contribution in [0.5, 0.6) is 0 Å². The summed E-state index contributed by atoms with van der Waals surface area (Å²) in [5.74, 6) is 0. The second-order valence-corrected chi connectivity index (χ2v) is 10.7. The van der Waals surface area contributed by atoms with E-state index >= 15 is 0 Å². The number of hydrogen-bond donors (Lipinski definition) is 1.